The Labute approximate surface area is 121 Å². The van der Waals surface area contributed by atoms with Crippen LogP contribution in [-0.4, -0.2) is 35.8 Å². The van der Waals surface area contributed by atoms with Gasteiger partial charge in [0.1, 0.15) is 5.75 Å². The summed E-state index contributed by atoms with van der Waals surface area (Å²) in [5, 5.41) is 3.83. The first kappa shape index (κ1) is 14.4. The minimum Gasteiger partial charge on any atom is -0.497 e. The van der Waals surface area contributed by atoms with Gasteiger partial charge in [-0.1, -0.05) is 12.1 Å². The summed E-state index contributed by atoms with van der Waals surface area (Å²) in [6, 6.07) is 7.30. The first-order valence-electron chi connectivity index (χ1n) is 6.12. The molecular weight excluding hydrogens is 272 g/mol. The van der Waals surface area contributed by atoms with Gasteiger partial charge in [-0.25, -0.2) is 10.4 Å². The van der Waals surface area contributed by atoms with Crippen molar-refractivity contribution in [1.29, 1.82) is 0 Å². The molecule has 1 amide bonds. The maximum absolute atomic E-state index is 11.5. The van der Waals surface area contributed by atoms with Crippen molar-refractivity contribution >= 4 is 12.1 Å². The highest BCUT2D eigenvalue weighted by molar-refractivity contribution is 5.83. The average molecular weight is 286 g/mol. The molecule has 0 aliphatic heterocycles. The van der Waals surface area contributed by atoms with E-state index in [-0.39, 0.29) is 18.4 Å². The Morgan fingerprint density at radius 2 is 2.33 bits per heavy atom. The predicted octanol–water partition coefficient (Wildman–Crippen LogP) is 1.01. The van der Waals surface area contributed by atoms with E-state index < -0.39 is 0 Å². The summed E-state index contributed by atoms with van der Waals surface area (Å²) in [5.41, 5.74) is 3.17. The summed E-state index contributed by atoms with van der Waals surface area (Å²) in [6.07, 6.45) is 5.94. The molecule has 0 aliphatic rings. The van der Waals surface area contributed by atoms with Crippen molar-refractivity contribution in [3.05, 3.63) is 48.4 Å². The lowest BCUT2D eigenvalue weighted by molar-refractivity contribution is -0.123. The smallest absolute Gasteiger partial charge is 0.278 e. The molecule has 1 heterocycles. The Hall–Kier alpha value is -2.96. The van der Waals surface area contributed by atoms with Gasteiger partial charge in [-0.2, -0.15) is 5.10 Å². The first-order valence-corrected chi connectivity index (χ1v) is 6.12. The normalized spacial score (nSPS) is 10.3. The molecule has 0 unspecified atom stereocenters. The van der Waals surface area contributed by atoms with Gasteiger partial charge in [0.2, 0.25) is 5.88 Å². The quantitative estimate of drug-likeness (QED) is 0.633. The fourth-order valence-electron chi connectivity index (χ4n) is 1.43. The fourth-order valence-corrected chi connectivity index (χ4v) is 1.43. The lowest BCUT2D eigenvalue weighted by Crippen LogP contribution is -2.24. The Kier molecular flexibility index (Phi) is 5.22. The lowest BCUT2D eigenvalue weighted by atomic mass is 10.2. The van der Waals surface area contributed by atoms with E-state index in [9.17, 15) is 4.79 Å². The largest absolute Gasteiger partial charge is 0.497 e. The van der Waals surface area contributed by atoms with Crippen LogP contribution in [0.4, 0.5) is 0 Å². The van der Waals surface area contributed by atoms with Gasteiger partial charge in [-0.05, 0) is 17.7 Å². The Balaban J connectivity index is 1.79. The molecule has 0 radical (unpaired) electrons. The summed E-state index contributed by atoms with van der Waals surface area (Å²) < 4.78 is 10.2. The van der Waals surface area contributed by atoms with Crippen molar-refractivity contribution in [3.8, 4) is 11.6 Å². The van der Waals surface area contributed by atoms with Gasteiger partial charge in [0.15, 0.2) is 6.61 Å². The van der Waals surface area contributed by atoms with E-state index in [1.807, 2.05) is 18.2 Å². The second-order valence-electron chi connectivity index (χ2n) is 3.90. The van der Waals surface area contributed by atoms with Crippen LogP contribution in [0.3, 0.4) is 0 Å². The molecule has 0 aliphatic carbocycles. The van der Waals surface area contributed by atoms with Crippen LogP contribution in [0, 0.1) is 0 Å². The van der Waals surface area contributed by atoms with Crippen LogP contribution in [0.15, 0.2) is 48.0 Å². The highest BCUT2D eigenvalue weighted by Crippen LogP contribution is 2.10. The van der Waals surface area contributed by atoms with E-state index in [0.717, 1.165) is 11.3 Å². The number of ether oxygens (including phenoxy) is 2. The van der Waals surface area contributed by atoms with Gasteiger partial charge >= 0.3 is 0 Å². The van der Waals surface area contributed by atoms with Gasteiger partial charge in [0.25, 0.3) is 5.91 Å². The Morgan fingerprint density at radius 1 is 1.43 bits per heavy atom. The highest BCUT2D eigenvalue weighted by Gasteiger charge is 2.01. The van der Waals surface area contributed by atoms with Crippen LogP contribution in [0.5, 0.6) is 11.6 Å². The molecule has 0 saturated heterocycles. The molecule has 108 valence electrons. The average Bonchev–Trinajstić information content (AvgIpc) is 2.54. The number of hydrogen-bond donors (Lipinski definition) is 1. The maximum atomic E-state index is 11.5. The summed E-state index contributed by atoms with van der Waals surface area (Å²) in [6.45, 7) is -0.186. The second kappa shape index (κ2) is 7.59. The highest BCUT2D eigenvalue weighted by atomic mass is 16.5. The van der Waals surface area contributed by atoms with E-state index in [1.54, 1.807) is 13.2 Å². The SMILES string of the molecule is COc1cccc(/C=N/NC(=O)COc2cnccn2)c1. The number of amides is 1. The predicted molar refractivity (Wildman–Crippen MR) is 76.3 cm³/mol. The number of nitrogens with zero attached hydrogens (tertiary/aromatic N) is 3. The molecule has 7 heteroatoms. The Morgan fingerprint density at radius 3 is 3.10 bits per heavy atom. The van der Waals surface area contributed by atoms with Crippen LogP contribution < -0.4 is 14.9 Å². The number of hydrazone groups is 1. The van der Waals surface area contributed by atoms with E-state index in [2.05, 4.69) is 20.5 Å². The van der Waals surface area contributed by atoms with Crippen LogP contribution in [0.2, 0.25) is 0 Å². The molecule has 0 fully saturated rings. The number of rotatable bonds is 6. The summed E-state index contributed by atoms with van der Waals surface area (Å²) in [7, 11) is 1.59. The molecule has 1 N–H and O–H groups in total. The molecule has 1 aromatic heterocycles. The van der Waals surface area contributed by atoms with Crippen LogP contribution >= 0.6 is 0 Å². The number of hydrogen-bond acceptors (Lipinski definition) is 6. The molecular formula is C14H14N4O3. The molecule has 2 aromatic rings. The standard InChI is InChI=1S/C14H14N4O3/c1-20-12-4-2-3-11(7-12)8-17-18-13(19)10-21-14-9-15-5-6-16-14/h2-9H,10H2,1H3,(H,18,19)/b17-8+. The van der Waals surface area contributed by atoms with Crippen LogP contribution in [0.25, 0.3) is 0 Å². The molecule has 7 nitrogen and oxygen atoms in total. The third kappa shape index (κ3) is 4.90. The third-order valence-electron chi connectivity index (χ3n) is 2.39. The van der Waals surface area contributed by atoms with Crippen molar-refractivity contribution in [2.24, 2.45) is 5.10 Å². The number of aromatic nitrogens is 2. The number of nitrogens with one attached hydrogen (secondary N) is 1. The molecule has 0 atom stereocenters. The van der Waals surface area contributed by atoms with Crippen molar-refractivity contribution in [2.75, 3.05) is 13.7 Å². The zero-order valence-electron chi connectivity index (χ0n) is 11.4. The van der Waals surface area contributed by atoms with Gasteiger partial charge in [-0.3, -0.25) is 9.78 Å². The number of methoxy groups -OCH3 is 1. The zero-order chi connectivity index (χ0) is 14.9. The minimum atomic E-state index is -0.389. The lowest BCUT2D eigenvalue weighted by Gasteiger charge is -2.03. The summed E-state index contributed by atoms with van der Waals surface area (Å²) >= 11 is 0. The van der Waals surface area contributed by atoms with Gasteiger partial charge in [0, 0.05) is 12.4 Å². The van der Waals surface area contributed by atoms with Crippen LogP contribution in [0.1, 0.15) is 5.56 Å². The molecule has 21 heavy (non-hydrogen) atoms. The van der Waals surface area contributed by atoms with Crippen molar-refractivity contribution < 1.29 is 14.3 Å². The zero-order valence-corrected chi connectivity index (χ0v) is 11.4. The van der Waals surface area contributed by atoms with Gasteiger partial charge in [-0.15, -0.1) is 0 Å². The fraction of sp³-hybridized carbons (Fsp3) is 0.143. The number of carbonyl (C=O) groups excluding carboxylic acids is 1. The van der Waals surface area contributed by atoms with E-state index in [0.29, 0.717) is 0 Å². The molecule has 0 saturated carbocycles. The van der Waals surface area contributed by atoms with Crippen molar-refractivity contribution in [2.45, 2.75) is 0 Å². The monoisotopic (exact) mass is 286 g/mol. The molecule has 2 rings (SSSR count). The first-order chi connectivity index (χ1) is 10.3. The van der Waals surface area contributed by atoms with E-state index in [1.165, 1.54) is 24.8 Å². The van der Waals surface area contributed by atoms with Crippen molar-refractivity contribution in [1.82, 2.24) is 15.4 Å². The number of carbonyl (C=O) groups is 1. The van der Waals surface area contributed by atoms with E-state index >= 15 is 0 Å². The van der Waals surface area contributed by atoms with E-state index in [4.69, 9.17) is 9.47 Å². The molecule has 0 bridgehead atoms. The molecule has 0 spiro atoms. The van der Waals surface area contributed by atoms with Crippen molar-refractivity contribution in [3.63, 3.8) is 0 Å². The van der Waals surface area contributed by atoms with Gasteiger partial charge in [0.05, 0.1) is 19.5 Å². The summed E-state index contributed by atoms with van der Waals surface area (Å²) in [4.78, 5) is 19.2. The number of benzene rings is 1. The molecule has 1 aromatic carbocycles. The topological polar surface area (TPSA) is 85.7 Å². The summed E-state index contributed by atoms with van der Waals surface area (Å²) in [5.74, 6) is 0.612. The second-order valence-corrected chi connectivity index (χ2v) is 3.90. The maximum Gasteiger partial charge on any atom is 0.278 e. The minimum absolute atomic E-state index is 0.186. The Bertz CT molecular complexity index is 617. The van der Waals surface area contributed by atoms with Crippen LogP contribution in [-0.2, 0) is 4.79 Å². The van der Waals surface area contributed by atoms with Gasteiger partial charge < -0.3 is 9.47 Å². The third-order valence-corrected chi connectivity index (χ3v) is 2.39.